The van der Waals surface area contributed by atoms with Crippen LogP contribution in [0.2, 0.25) is 5.02 Å². The zero-order valence-electron chi connectivity index (χ0n) is 22.7. The molecule has 40 heavy (non-hydrogen) atoms. The van der Waals surface area contributed by atoms with Crippen molar-refractivity contribution in [2.24, 2.45) is 11.3 Å². The Kier molecular flexibility index (Phi) is 8.45. The summed E-state index contributed by atoms with van der Waals surface area (Å²) in [5.74, 6) is -0.409. The van der Waals surface area contributed by atoms with Crippen LogP contribution >= 0.6 is 11.6 Å². The van der Waals surface area contributed by atoms with E-state index in [9.17, 15) is 21.6 Å². The van der Waals surface area contributed by atoms with E-state index in [0.717, 1.165) is 43.1 Å². The van der Waals surface area contributed by atoms with Gasteiger partial charge in [0, 0.05) is 12.1 Å². The van der Waals surface area contributed by atoms with E-state index >= 15 is 0 Å². The minimum Gasteiger partial charge on any atom is -0.368 e. The molecule has 13 heteroatoms. The van der Waals surface area contributed by atoms with E-state index in [-0.39, 0.29) is 55.7 Å². The van der Waals surface area contributed by atoms with Crippen molar-refractivity contribution in [3.8, 4) is 16.8 Å². The molecular weight excluding hydrogens is 565 g/mol. The van der Waals surface area contributed by atoms with Crippen molar-refractivity contribution in [2.45, 2.75) is 51.1 Å². The monoisotopic (exact) mass is 598 g/mol. The van der Waals surface area contributed by atoms with E-state index in [1.807, 2.05) is 0 Å². The van der Waals surface area contributed by atoms with E-state index in [0.29, 0.717) is 6.54 Å². The van der Waals surface area contributed by atoms with Crippen LogP contribution in [0.1, 0.15) is 45.6 Å². The smallest absolute Gasteiger partial charge is 0.368 e. The summed E-state index contributed by atoms with van der Waals surface area (Å²) in [6.07, 6.45) is -1.99. The molecule has 0 spiro atoms. The lowest BCUT2D eigenvalue weighted by atomic mass is 9.91. The van der Waals surface area contributed by atoms with Gasteiger partial charge in [-0.25, -0.2) is 8.42 Å². The van der Waals surface area contributed by atoms with Crippen LogP contribution in [-0.2, 0) is 16.0 Å². The number of hydrogen-bond acceptors (Lipinski definition) is 7. The van der Waals surface area contributed by atoms with Crippen molar-refractivity contribution in [2.75, 3.05) is 36.9 Å². The Balaban J connectivity index is 1.58. The molecule has 0 saturated carbocycles. The number of nitrogen functional groups attached to an aromatic ring is 2. The molecule has 1 aromatic heterocycles. The van der Waals surface area contributed by atoms with E-state index in [4.69, 9.17) is 23.1 Å². The van der Waals surface area contributed by atoms with Crippen LogP contribution in [0, 0.1) is 11.3 Å². The second-order valence-electron chi connectivity index (χ2n) is 11.5. The molecule has 1 aliphatic heterocycles. The number of anilines is 2. The maximum Gasteiger partial charge on any atom is 0.417 e. The van der Waals surface area contributed by atoms with Gasteiger partial charge in [-0.3, -0.25) is 0 Å². The lowest BCUT2D eigenvalue weighted by molar-refractivity contribution is -0.137. The predicted octanol–water partition coefficient (Wildman–Crippen LogP) is 5.69. The summed E-state index contributed by atoms with van der Waals surface area (Å²) in [6.45, 7) is 9.15. The second-order valence-corrected chi connectivity index (χ2v) is 14.0. The highest BCUT2D eigenvalue weighted by Crippen LogP contribution is 2.43. The third kappa shape index (κ3) is 7.08. The standard InChI is InChI=1S/C27H34ClF3N6O2S/c1-26(2,3)10-12-36-11-4-5-17(15-36)16-40(38,39)20-8-6-18(7-9-20)23-21(27(29,30)31)13-19(14-22(23)28)37-25(33)34-24(32)35-37/h6-9,13-14,17H,4-5,10-12,15-16H2,1-3H3,(H4,32,33,34,35). The molecule has 1 atom stereocenters. The first-order valence-corrected chi connectivity index (χ1v) is 15.0. The fraction of sp³-hybridized carbons (Fsp3) is 0.481. The van der Waals surface area contributed by atoms with Crippen LogP contribution in [0.15, 0.2) is 41.3 Å². The zero-order valence-corrected chi connectivity index (χ0v) is 24.2. The van der Waals surface area contributed by atoms with Gasteiger partial charge < -0.3 is 16.4 Å². The maximum absolute atomic E-state index is 14.1. The Morgan fingerprint density at radius 3 is 2.35 bits per heavy atom. The minimum atomic E-state index is -4.78. The number of rotatable bonds is 7. The third-order valence-corrected chi connectivity index (χ3v) is 9.21. The average Bonchev–Trinajstić information content (AvgIpc) is 3.19. The first-order chi connectivity index (χ1) is 18.5. The van der Waals surface area contributed by atoms with Crippen molar-refractivity contribution in [1.82, 2.24) is 19.7 Å². The van der Waals surface area contributed by atoms with Gasteiger partial charge in [-0.15, -0.1) is 5.10 Å². The van der Waals surface area contributed by atoms with Crippen LogP contribution in [0.5, 0.6) is 0 Å². The SMILES string of the molecule is CC(C)(C)CCN1CCCC(CS(=O)(=O)c2ccc(-c3c(Cl)cc(-n4nc(N)nc4N)cc3C(F)(F)F)cc2)C1. The summed E-state index contributed by atoms with van der Waals surface area (Å²) in [6, 6.07) is 7.50. The van der Waals surface area contributed by atoms with Crippen LogP contribution < -0.4 is 11.5 Å². The van der Waals surface area contributed by atoms with Gasteiger partial charge in [0.25, 0.3) is 0 Å². The van der Waals surface area contributed by atoms with Crippen molar-refractivity contribution >= 4 is 33.3 Å². The molecule has 0 aliphatic carbocycles. The summed E-state index contributed by atoms with van der Waals surface area (Å²) in [4.78, 5) is 6.10. The van der Waals surface area contributed by atoms with Gasteiger partial charge in [-0.1, -0.05) is 44.5 Å². The number of nitrogens with zero attached hydrogens (tertiary/aromatic N) is 4. The Bertz CT molecular complexity index is 1470. The Labute approximate surface area is 237 Å². The van der Waals surface area contributed by atoms with E-state index in [1.54, 1.807) is 0 Å². The summed E-state index contributed by atoms with van der Waals surface area (Å²) in [7, 11) is -3.65. The van der Waals surface area contributed by atoms with E-state index in [1.165, 1.54) is 30.3 Å². The number of likely N-dealkylation sites (tertiary alicyclic amines) is 1. The van der Waals surface area contributed by atoms with Gasteiger partial charge in [0.1, 0.15) is 0 Å². The predicted molar refractivity (Wildman–Crippen MR) is 151 cm³/mol. The second kappa shape index (κ2) is 11.2. The lowest BCUT2D eigenvalue weighted by Gasteiger charge is -2.34. The molecule has 0 radical (unpaired) electrons. The number of halogens is 4. The molecule has 0 amide bonds. The number of benzene rings is 2. The van der Waals surface area contributed by atoms with Gasteiger partial charge >= 0.3 is 6.18 Å². The highest BCUT2D eigenvalue weighted by Gasteiger charge is 2.36. The maximum atomic E-state index is 14.1. The first kappa shape index (κ1) is 30.1. The fourth-order valence-corrected chi connectivity index (χ4v) is 6.94. The summed E-state index contributed by atoms with van der Waals surface area (Å²) in [5, 5.41) is 3.61. The summed E-state index contributed by atoms with van der Waals surface area (Å²) >= 11 is 6.35. The third-order valence-electron chi connectivity index (χ3n) is 7.01. The van der Waals surface area contributed by atoms with E-state index < -0.39 is 21.6 Å². The molecule has 1 fully saturated rings. The number of nitrogens with two attached hydrogens (primary N) is 2. The topological polar surface area (TPSA) is 120 Å². The highest BCUT2D eigenvalue weighted by molar-refractivity contribution is 7.91. The molecule has 1 saturated heterocycles. The Morgan fingerprint density at radius 1 is 1.10 bits per heavy atom. The number of alkyl halides is 3. The Morgan fingerprint density at radius 2 is 1.77 bits per heavy atom. The van der Waals surface area contributed by atoms with Crippen LogP contribution in [0.4, 0.5) is 25.1 Å². The summed E-state index contributed by atoms with van der Waals surface area (Å²) in [5.41, 5.74) is 10.2. The molecular formula is C27H34ClF3N6O2S. The molecule has 2 heterocycles. The molecule has 1 unspecified atom stereocenters. The minimum absolute atomic E-state index is 0.00419. The van der Waals surface area contributed by atoms with Gasteiger partial charge in [0.2, 0.25) is 11.9 Å². The van der Waals surface area contributed by atoms with Gasteiger partial charge in [-0.2, -0.15) is 22.8 Å². The summed E-state index contributed by atoms with van der Waals surface area (Å²) < 4.78 is 69.8. The molecule has 0 bridgehead atoms. The first-order valence-electron chi connectivity index (χ1n) is 13.0. The Hall–Kier alpha value is -2.83. The van der Waals surface area contributed by atoms with Gasteiger partial charge in [0.05, 0.1) is 26.9 Å². The molecule has 2 aromatic carbocycles. The van der Waals surface area contributed by atoms with Gasteiger partial charge in [-0.05, 0) is 73.5 Å². The fourth-order valence-electron chi connectivity index (χ4n) is 4.98. The van der Waals surface area contributed by atoms with Crippen LogP contribution in [0.25, 0.3) is 16.8 Å². The number of aromatic nitrogens is 3. The molecule has 8 nitrogen and oxygen atoms in total. The zero-order chi connectivity index (χ0) is 29.5. The molecule has 218 valence electrons. The normalized spacial score (nSPS) is 17.3. The van der Waals surface area contributed by atoms with Gasteiger partial charge in [0.15, 0.2) is 9.84 Å². The molecule has 3 aromatic rings. The number of hydrogen-bond donors (Lipinski definition) is 2. The highest BCUT2D eigenvalue weighted by atomic mass is 35.5. The van der Waals surface area contributed by atoms with Crippen LogP contribution in [-0.4, -0.2) is 53.5 Å². The lowest BCUT2D eigenvalue weighted by Crippen LogP contribution is -2.39. The van der Waals surface area contributed by atoms with Crippen LogP contribution in [0.3, 0.4) is 0 Å². The molecule has 4 rings (SSSR count). The number of sulfone groups is 1. The van der Waals surface area contributed by atoms with Crippen molar-refractivity contribution in [3.63, 3.8) is 0 Å². The molecule has 1 aliphatic rings. The average molecular weight is 599 g/mol. The number of piperidine rings is 1. The van der Waals surface area contributed by atoms with E-state index in [2.05, 4.69) is 35.8 Å². The largest absolute Gasteiger partial charge is 0.417 e. The van der Waals surface area contributed by atoms with Crippen molar-refractivity contribution < 1.29 is 21.6 Å². The van der Waals surface area contributed by atoms with Crippen molar-refractivity contribution in [3.05, 3.63) is 47.0 Å². The molecule has 4 N–H and O–H groups in total. The quantitative estimate of drug-likeness (QED) is 0.358. The van der Waals surface area contributed by atoms with Crippen molar-refractivity contribution in [1.29, 1.82) is 0 Å².